The molecule has 0 atom stereocenters. The summed E-state index contributed by atoms with van der Waals surface area (Å²) in [5.41, 5.74) is 0.928. The zero-order valence-corrected chi connectivity index (χ0v) is 16.1. The first-order chi connectivity index (χ1) is 14.4. The number of amides is 1. The minimum absolute atomic E-state index is 0.0511. The van der Waals surface area contributed by atoms with Crippen molar-refractivity contribution in [3.63, 3.8) is 0 Å². The number of benzene rings is 2. The molecule has 2 aromatic carbocycles. The number of hydrogen-bond acceptors (Lipinski definition) is 7. The number of aliphatic hydroxyl groups excluding tert-OH is 1. The second-order valence-corrected chi connectivity index (χ2v) is 6.38. The molecule has 1 heterocycles. The molecule has 0 radical (unpaired) electrons. The lowest BCUT2D eigenvalue weighted by molar-refractivity contribution is -0.136. The number of carbonyl (C=O) groups is 3. The average Bonchev–Trinajstić information content (AvgIpc) is 3.05. The maximum atomic E-state index is 12.5. The highest BCUT2D eigenvalue weighted by Crippen LogP contribution is 2.26. The number of nitrogens with zero attached hydrogens (tertiary/aromatic N) is 1. The number of β-amino-alcohol motifs (C(OH)–C–C–N with tert-alkyl or cyclic N) is 1. The van der Waals surface area contributed by atoms with Crippen LogP contribution in [0.4, 0.5) is 5.69 Å². The highest BCUT2D eigenvalue weighted by atomic mass is 16.5. The summed E-state index contributed by atoms with van der Waals surface area (Å²) in [6.07, 6.45) is 0. The van der Waals surface area contributed by atoms with Gasteiger partial charge in [-0.1, -0.05) is 6.07 Å². The Bertz CT molecular complexity index is 999. The van der Waals surface area contributed by atoms with E-state index < -0.39 is 17.8 Å². The van der Waals surface area contributed by atoms with Gasteiger partial charge in [0.1, 0.15) is 17.2 Å². The summed E-state index contributed by atoms with van der Waals surface area (Å²) >= 11 is 0. The van der Waals surface area contributed by atoms with Crippen LogP contribution < -0.4 is 10.1 Å². The third kappa shape index (κ3) is 4.58. The maximum absolute atomic E-state index is 12.5. The lowest BCUT2D eigenvalue weighted by Crippen LogP contribution is -2.31. The van der Waals surface area contributed by atoms with Gasteiger partial charge in [0, 0.05) is 12.2 Å². The molecule has 1 aliphatic heterocycles. The van der Waals surface area contributed by atoms with Gasteiger partial charge in [0.15, 0.2) is 0 Å². The predicted molar refractivity (Wildman–Crippen MR) is 106 cm³/mol. The van der Waals surface area contributed by atoms with Crippen molar-refractivity contribution in [3.05, 3.63) is 65.4 Å². The van der Waals surface area contributed by atoms with Crippen molar-refractivity contribution in [2.45, 2.75) is 0 Å². The highest BCUT2D eigenvalue weighted by molar-refractivity contribution is 6.08. The molecule has 1 aliphatic rings. The normalized spacial score (nSPS) is 13.4. The zero-order valence-electron chi connectivity index (χ0n) is 16.1. The van der Waals surface area contributed by atoms with Crippen LogP contribution in [0.15, 0.2) is 59.8 Å². The molecule has 0 saturated heterocycles. The second-order valence-electron chi connectivity index (χ2n) is 6.38. The van der Waals surface area contributed by atoms with Crippen molar-refractivity contribution < 1.29 is 34.1 Å². The number of hydrogen-bond donors (Lipinski definition) is 3. The molecule has 0 aromatic heterocycles. The molecule has 9 nitrogen and oxygen atoms in total. The van der Waals surface area contributed by atoms with E-state index in [2.05, 4.69) is 5.32 Å². The Morgan fingerprint density at radius 1 is 1.13 bits per heavy atom. The second kappa shape index (κ2) is 9.10. The number of ether oxygens (including phenoxy) is 2. The number of aliphatic hydroxyl groups is 1. The van der Waals surface area contributed by atoms with E-state index in [9.17, 15) is 14.4 Å². The highest BCUT2D eigenvalue weighted by Gasteiger charge is 2.34. The molecule has 30 heavy (non-hydrogen) atoms. The first kappa shape index (κ1) is 20.9. The van der Waals surface area contributed by atoms with Gasteiger partial charge in [-0.3, -0.25) is 4.79 Å². The van der Waals surface area contributed by atoms with Gasteiger partial charge in [0.05, 0.1) is 31.4 Å². The van der Waals surface area contributed by atoms with E-state index in [1.165, 1.54) is 24.1 Å². The molecule has 0 saturated carbocycles. The molecule has 3 N–H and O–H groups in total. The Morgan fingerprint density at radius 3 is 2.50 bits per heavy atom. The largest absolute Gasteiger partial charge is 0.478 e. The monoisotopic (exact) mass is 412 g/mol. The molecule has 1 amide bonds. The Hall–Kier alpha value is -3.85. The SMILES string of the molecule is COC(=O)C1=C(Nc2ccc(Oc3cccc(C(=O)O)c3)cc2)C(=O)N(CCO)C1. The van der Waals surface area contributed by atoms with Crippen molar-refractivity contribution in [2.75, 3.05) is 32.1 Å². The summed E-state index contributed by atoms with van der Waals surface area (Å²) in [4.78, 5) is 37.0. The van der Waals surface area contributed by atoms with E-state index in [4.69, 9.17) is 19.7 Å². The standard InChI is InChI=1S/C21H20N2O7/c1-29-21(28)17-12-23(9-10-24)19(25)18(17)22-14-5-7-15(8-6-14)30-16-4-2-3-13(11-16)20(26)27/h2-8,11,22,24H,9-10,12H2,1H3,(H,26,27). The van der Waals surface area contributed by atoms with Crippen LogP contribution in [0.5, 0.6) is 11.5 Å². The van der Waals surface area contributed by atoms with Gasteiger partial charge in [0.2, 0.25) is 0 Å². The van der Waals surface area contributed by atoms with Crippen LogP contribution in [-0.4, -0.2) is 59.8 Å². The van der Waals surface area contributed by atoms with E-state index >= 15 is 0 Å². The predicted octanol–water partition coefficient (Wildman–Crippen LogP) is 1.85. The van der Waals surface area contributed by atoms with Crippen LogP contribution in [-0.2, 0) is 14.3 Å². The van der Waals surface area contributed by atoms with Crippen LogP contribution in [0, 0.1) is 0 Å². The van der Waals surface area contributed by atoms with E-state index in [-0.39, 0.29) is 36.5 Å². The number of rotatable bonds is 8. The average molecular weight is 412 g/mol. The summed E-state index contributed by atoms with van der Waals surface area (Å²) in [6, 6.07) is 12.7. The number of aromatic carboxylic acids is 1. The molecule has 0 spiro atoms. The van der Waals surface area contributed by atoms with Gasteiger partial charge in [-0.05, 0) is 42.5 Å². The van der Waals surface area contributed by atoms with Crippen molar-refractivity contribution in [2.24, 2.45) is 0 Å². The van der Waals surface area contributed by atoms with E-state index in [1.807, 2.05) is 0 Å². The molecule has 9 heteroatoms. The number of methoxy groups -OCH3 is 1. The van der Waals surface area contributed by atoms with Gasteiger partial charge in [-0.25, -0.2) is 9.59 Å². The Kier molecular flexibility index (Phi) is 6.33. The van der Waals surface area contributed by atoms with Gasteiger partial charge in [-0.2, -0.15) is 0 Å². The van der Waals surface area contributed by atoms with Crippen LogP contribution in [0.2, 0.25) is 0 Å². The Labute approximate surface area is 172 Å². The number of carbonyl (C=O) groups excluding carboxylic acids is 2. The fourth-order valence-electron chi connectivity index (χ4n) is 2.93. The number of carboxylic acids is 1. The number of nitrogens with one attached hydrogen (secondary N) is 1. The lowest BCUT2D eigenvalue weighted by atomic mass is 10.2. The molecule has 0 fully saturated rings. The zero-order chi connectivity index (χ0) is 21.7. The molecular formula is C21H20N2O7. The number of carboxylic acid groups (broad SMARTS) is 1. The van der Waals surface area contributed by atoms with Crippen LogP contribution in [0.1, 0.15) is 10.4 Å². The first-order valence-electron chi connectivity index (χ1n) is 9.03. The maximum Gasteiger partial charge on any atom is 0.337 e. The topological polar surface area (TPSA) is 125 Å². The van der Waals surface area contributed by atoms with Crippen LogP contribution in [0.3, 0.4) is 0 Å². The molecule has 0 bridgehead atoms. The van der Waals surface area contributed by atoms with Gasteiger partial charge in [0.25, 0.3) is 5.91 Å². The first-order valence-corrected chi connectivity index (χ1v) is 9.03. The van der Waals surface area contributed by atoms with Gasteiger partial charge in [-0.15, -0.1) is 0 Å². The summed E-state index contributed by atoms with van der Waals surface area (Å²) in [7, 11) is 1.23. The van der Waals surface area contributed by atoms with Crippen molar-refractivity contribution in [3.8, 4) is 11.5 Å². The van der Waals surface area contributed by atoms with E-state index in [0.717, 1.165) is 0 Å². The quantitative estimate of drug-likeness (QED) is 0.561. The van der Waals surface area contributed by atoms with Crippen LogP contribution in [0.25, 0.3) is 0 Å². The fraction of sp³-hybridized carbons (Fsp3) is 0.190. The lowest BCUT2D eigenvalue weighted by Gasteiger charge is -2.15. The summed E-state index contributed by atoms with van der Waals surface area (Å²) in [5, 5.41) is 21.1. The van der Waals surface area contributed by atoms with E-state index in [1.54, 1.807) is 36.4 Å². The molecular weight excluding hydrogens is 392 g/mol. The Balaban J connectivity index is 1.75. The third-order valence-electron chi connectivity index (χ3n) is 4.39. The third-order valence-corrected chi connectivity index (χ3v) is 4.39. The minimum Gasteiger partial charge on any atom is -0.478 e. The molecule has 0 aliphatic carbocycles. The number of esters is 1. The fourth-order valence-corrected chi connectivity index (χ4v) is 2.93. The minimum atomic E-state index is -1.05. The van der Waals surface area contributed by atoms with Gasteiger partial charge >= 0.3 is 11.9 Å². The van der Waals surface area contributed by atoms with Crippen molar-refractivity contribution in [1.82, 2.24) is 4.90 Å². The van der Waals surface area contributed by atoms with E-state index in [0.29, 0.717) is 17.2 Å². The molecule has 0 unspecified atom stereocenters. The smallest absolute Gasteiger partial charge is 0.337 e. The summed E-state index contributed by atoms with van der Waals surface area (Å²) in [6.45, 7) is -0.0647. The molecule has 3 rings (SSSR count). The van der Waals surface area contributed by atoms with Crippen molar-refractivity contribution in [1.29, 1.82) is 0 Å². The van der Waals surface area contributed by atoms with Crippen molar-refractivity contribution >= 4 is 23.5 Å². The Morgan fingerprint density at radius 2 is 1.87 bits per heavy atom. The summed E-state index contributed by atoms with van der Waals surface area (Å²) in [5.74, 6) is -1.24. The molecule has 2 aromatic rings. The molecule has 156 valence electrons. The van der Waals surface area contributed by atoms with Gasteiger partial charge < -0.3 is 29.9 Å². The van der Waals surface area contributed by atoms with Crippen LogP contribution >= 0.6 is 0 Å². The summed E-state index contributed by atoms with van der Waals surface area (Å²) < 4.78 is 10.4. The number of anilines is 1.